The number of carboxylic acids is 1. The van der Waals surface area contributed by atoms with Crippen LogP contribution in [0, 0.1) is 5.92 Å². The van der Waals surface area contributed by atoms with Gasteiger partial charge in [0.25, 0.3) is 0 Å². The number of hydrogen-bond acceptors (Lipinski definition) is 4. The van der Waals surface area contributed by atoms with Gasteiger partial charge in [0, 0.05) is 17.7 Å². The maximum absolute atomic E-state index is 13.7. The van der Waals surface area contributed by atoms with Crippen molar-refractivity contribution in [1.29, 1.82) is 0 Å². The molecule has 0 radical (unpaired) electrons. The first kappa shape index (κ1) is 23.7. The number of carboxylic acid groups (broad SMARTS) is 1. The lowest BCUT2D eigenvalue weighted by Gasteiger charge is -2.30. The molecular formula is C30H29NO5. The van der Waals surface area contributed by atoms with Crippen LogP contribution in [0.25, 0.3) is 17.2 Å². The van der Waals surface area contributed by atoms with Crippen LogP contribution in [-0.2, 0) is 16.1 Å². The molecule has 0 aromatic heterocycles. The van der Waals surface area contributed by atoms with Gasteiger partial charge in [-0.3, -0.25) is 4.79 Å². The van der Waals surface area contributed by atoms with E-state index >= 15 is 0 Å². The third-order valence-corrected chi connectivity index (χ3v) is 6.82. The molecule has 0 bridgehead atoms. The molecule has 1 N–H and O–H groups in total. The molecule has 1 aliphatic heterocycles. The van der Waals surface area contributed by atoms with Crippen molar-refractivity contribution in [3.8, 4) is 22.6 Å². The third-order valence-electron chi connectivity index (χ3n) is 6.82. The van der Waals surface area contributed by atoms with Gasteiger partial charge >= 0.3 is 5.97 Å². The Hall–Kier alpha value is -4.06. The molecule has 0 spiro atoms. The van der Waals surface area contributed by atoms with Crippen molar-refractivity contribution in [3.63, 3.8) is 0 Å². The summed E-state index contributed by atoms with van der Waals surface area (Å²) in [6.45, 7) is 0.693. The molecule has 3 aromatic rings. The van der Waals surface area contributed by atoms with Crippen LogP contribution < -0.4 is 14.4 Å². The normalized spacial score (nSPS) is 15.2. The van der Waals surface area contributed by atoms with Crippen LogP contribution in [-0.4, -0.2) is 23.8 Å². The van der Waals surface area contributed by atoms with Crippen LogP contribution in [0.15, 0.2) is 72.8 Å². The quantitative estimate of drug-likeness (QED) is 0.400. The van der Waals surface area contributed by atoms with Gasteiger partial charge in [-0.2, -0.15) is 0 Å². The molecule has 2 aliphatic rings. The molecule has 3 aromatic carbocycles. The van der Waals surface area contributed by atoms with Crippen molar-refractivity contribution < 1.29 is 24.2 Å². The molecule has 184 valence electrons. The molecule has 6 nitrogen and oxygen atoms in total. The molecule has 6 heteroatoms. The summed E-state index contributed by atoms with van der Waals surface area (Å²) in [5.74, 6) is 0.655. The third kappa shape index (κ3) is 5.43. The van der Waals surface area contributed by atoms with Gasteiger partial charge in [0.05, 0.1) is 6.54 Å². The van der Waals surface area contributed by atoms with Gasteiger partial charge in [-0.05, 0) is 65.4 Å². The fourth-order valence-corrected chi connectivity index (χ4v) is 4.89. The summed E-state index contributed by atoms with van der Waals surface area (Å²) in [6, 6.07) is 21.6. The van der Waals surface area contributed by atoms with Gasteiger partial charge in [0.1, 0.15) is 0 Å². The SMILES string of the molecule is O=C(O)C=Cc1cccc(N(Cc2ccc(-c3ccc4c(c3)OCO4)cc2)C(=O)C2CCCCC2)c1. The maximum atomic E-state index is 13.7. The first-order valence-electron chi connectivity index (χ1n) is 12.4. The Balaban J connectivity index is 1.40. The minimum atomic E-state index is -1.00. The zero-order valence-electron chi connectivity index (χ0n) is 20.1. The van der Waals surface area contributed by atoms with Gasteiger partial charge in [-0.1, -0.05) is 61.7 Å². The number of carbonyl (C=O) groups is 2. The summed E-state index contributed by atoms with van der Waals surface area (Å²) < 4.78 is 10.9. The van der Waals surface area contributed by atoms with Gasteiger partial charge in [-0.15, -0.1) is 0 Å². The number of fused-ring (bicyclic) bond motifs is 1. The topological polar surface area (TPSA) is 76.1 Å². The number of carbonyl (C=O) groups excluding carboxylic acids is 1. The Morgan fingerprint density at radius 1 is 0.889 bits per heavy atom. The Kier molecular flexibility index (Phi) is 7.03. The number of amides is 1. The Bertz CT molecular complexity index is 1270. The van der Waals surface area contributed by atoms with E-state index in [4.69, 9.17) is 14.6 Å². The van der Waals surface area contributed by atoms with Crippen molar-refractivity contribution in [2.45, 2.75) is 38.6 Å². The van der Waals surface area contributed by atoms with Gasteiger partial charge in [-0.25, -0.2) is 4.79 Å². The lowest BCUT2D eigenvalue weighted by atomic mass is 9.88. The van der Waals surface area contributed by atoms with Crippen LogP contribution in [0.2, 0.25) is 0 Å². The molecule has 0 unspecified atom stereocenters. The van der Waals surface area contributed by atoms with Crippen LogP contribution >= 0.6 is 0 Å². The molecular weight excluding hydrogens is 454 g/mol. The van der Waals surface area contributed by atoms with E-state index in [1.807, 2.05) is 47.4 Å². The average Bonchev–Trinajstić information content (AvgIpc) is 3.39. The molecule has 1 saturated carbocycles. The number of ether oxygens (including phenoxy) is 2. The van der Waals surface area contributed by atoms with Crippen LogP contribution in [0.3, 0.4) is 0 Å². The van der Waals surface area contributed by atoms with E-state index in [9.17, 15) is 9.59 Å². The molecule has 1 fully saturated rings. The van der Waals surface area contributed by atoms with Crippen LogP contribution in [0.5, 0.6) is 11.5 Å². The monoisotopic (exact) mass is 483 g/mol. The first-order chi connectivity index (χ1) is 17.6. The van der Waals surface area contributed by atoms with Gasteiger partial charge in [0.15, 0.2) is 11.5 Å². The Labute approximate surface area is 210 Å². The van der Waals surface area contributed by atoms with Crippen molar-refractivity contribution in [2.75, 3.05) is 11.7 Å². The van der Waals surface area contributed by atoms with E-state index < -0.39 is 5.97 Å². The largest absolute Gasteiger partial charge is 0.478 e. The smallest absolute Gasteiger partial charge is 0.328 e. The highest BCUT2D eigenvalue weighted by molar-refractivity contribution is 5.95. The molecule has 1 aliphatic carbocycles. The Morgan fingerprint density at radius 2 is 1.64 bits per heavy atom. The van der Waals surface area contributed by atoms with Crippen LogP contribution in [0.1, 0.15) is 43.2 Å². The second-order valence-corrected chi connectivity index (χ2v) is 9.29. The zero-order chi connectivity index (χ0) is 24.9. The van der Waals surface area contributed by atoms with Crippen molar-refractivity contribution in [2.24, 2.45) is 5.92 Å². The van der Waals surface area contributed by atoms with Crippen LogP contribution in [0.4, 0.5) is 5.69 Å². The van der Waals surface area contributed by atoms with E-state index in [0.717, 1.165) is 71.2 Å². The standard InChI is InChI=1S/C30H29NO5/c32-29(33)16-11-21-5-4-8-26(17-21)31(30(34)24-6-2-1-3-7-24)19-22-9-12-23(13-10-22)25-14-15-27-28(18-25)36-20-35-27/h4-5,8-18,24H,1-3,6-7,19-20H2,(H,32,33). The van der Waals surface area contributed by atoms with E-state index in [0.29, 0.717) is 6.54 Å². The van der Waals surface area contributed by atoms with E-state index in [2.05, 4.69) is 24.3 Å². The molecule has 0 atom stereocenters. The van der Waals surface area contributed by atoms with Crippen molar-refractivity contribution >= 4 is 23.6 Å². The van der Waals surface area contributed by atoms with Gasteiger partial charge in [0.2, 0.25) is 12.7 Å². The van der Waals surface area contributed by atoms with E-state index in [-0.39, 0.29) is 18.6 Å². The number of nitrogens with zero attached hydrogens (tertiary/aromatic N) is 1. The molecule has 1 amide bonds. The molecule has 5 rings (SSSR count). The van der Waals surface area contributed by atoms with Crippen molar-refractivity contribution in [1.82, 2.24) is 0 Å². The second-order valence-electron chi connectivity index (χ2n) is 9.29. The summed E-state index contributed by atoms with van der Waals surface area (Å²) in [4.78, 5) is 26.5. The minimum Gasteiger partial charge on any atom is -0.478 e. The lowest BCUT2D eigenvalue weighted by Crippen LogP contribution is -2.36. The highest BCUT2D eigenvalue weighted by atomic mass is 16.7. The van der Waals surface area contributed by atoms with E-state index in [1.165, 1.54) is 6.42 Å². The average molecular weight is 484 g/mol. The zero-order valence-corrected chi connectivity index (χ0v) is 20.1. The molecule has 0 saturated heterocycles. The summed E-state index contributed by atoms with van der Waals surface area (Å²) >= 11 is 0. The van der Waals surface area contributed by atoms with Gasteiger partial charge < -0.3 is 19.5 Å². The molecule has 36 heavy (non-hydrogen) atoms. The number of anilines is 1. The van der Waals surface area contributed by atoms with Crippen molar-refractivity contribution in [3.05, 3.63) is 83.9 Å². The predicted molar refractivity (Wildman–Crippen MR) is 139 cm³/mol. The van der Waals surface area contributed by atoms with E-state index in [1.54, 1.807) is 6.08 Å². The fourth-order valence-electron chi connectivity index (χ4n) is 4.89. The fraction of sp³-hybridized carbons (Fsp3) is 0.267. The number of benzene rings is 3. The summed E-state index contributed by atoms with van der Waals surface area (Å²) in [5, 5.41) is 8.99. The summed E-state index contributed by atoms with van der Waals surface area (Å²) in [7, 11) is 0. The predicted octanol–water partition coefficient (Wildman–Crippen LogP) is 6.29. The first-order valence-corrected chi connectivity index (χ1v) is 12.4. The highest BCUT2D eigenvalue weighted by Crippen LogP contribution is 2.36. The summed E-state index contributed by atoms with van der Waals surface area (Å²) in [6.07, 6.45) is 7.83. The lowest BCUT2D eigenvalue weighted by molar-refractivity contribution is -0.131. The number of hydrogen-bond donors (Lipinski definition) is 1. The molecule has 1 heterocycles. The summed E-state index contributed by atoms with van der Waals surface area (Å²) in [5.41, 5.74) is 4.64. The number of rotatable bonds is 7. The minimum absolute atomic E-state index is 0.0184. The Morgan fingerprint density at radius 3 is 2.42 bits per heavy atom. The maximum Gasteiger partial charge on any atom is 0.328 e. The second kappa shape index (κ2) is 10.7. The number of aliphatic carboxylic acids is 1. The highest BCUT2D eigenvalue weighted by Gasteiger charge is 2.27.